The van der Waals surface area contributed by atoms with Crippen LogP contribution in [0.5, 0.6) is 0 Å². The summed E-state index contributed by atoms with van der Waals surface area (Å²) in [6, 6.07) is 2.74. The third-order valence-corrected chi connectivity index (χ3v) is 5.72. The number of aryl methyl sites for hydroxylation is 1. The molecule has 0 radical (unpaired) electrons. The van der Waals surface area contributed by atoms with Crippen molar-refractivity contribution in [3.8, 4) is 0 Å². The molecule has 25 heavy (non-hydrogen) atoms. The van der Waals surface area contributed by atoms with E-state index in [1.54, 1.807) is 6.20 Å². The molecule has 2 aliphatic heterocycles. The predicted molar refractivity (Wildman–Crippen MR) is 95.5 cm³/mol. The molecule has 2 aromatic rings. The summed E-state index contributed by atoms with van der Waals surface area (Å²) >= 11 is 0. The largest absolute Gasteiger partial charge is 0.336 e. The van der Waals surface area contributed by atoms with Crippen LogP contribution in [0, 0.1) is 0 Å². The van der Waals surface area contributed by atoms with Gasteiger partial charge in [0, 0.05) is 24.8 Å². The maximum Gasteiger partial charge on any atom is 0.257 e. The highest BCUT2D eigenvalue weighted by Gasteiger charge is 2.38. The highest BCUT2D eigenvalue weighted by molar-refractivity contribution is 5.97. The summed E-state index contributed by atoms with van der Waals surface area (Å²) in [4.78, 5) is 22.0. The van der Waals surface area contributed by atoms with Crippen molar-refractivity contribution in [2.45, 2.75) is 57.5 Å². The van der Waals surface area contributed by atoms with E-state index in [1.165, 1.54) is 12.8 Å². The number of amides is 1. The van der Waals surface area contributed by atoms with Crippen LogP contribution in [0.1, 0.15) is 55.1 Å². The molecule has 0 spiro atoms. The zero-order chi connectivity index (χ0) is 17.4. The average Bonchev–Trinajstić information content (AvgIpc) is 3.34. The summed E-state index contributed by atoms with van der Waals surface area (Å²) in [6.45, 7) is 4.09. The summed E-state index contributed by atoms with van der Waals surface area (Å²) in [5, 5.41) is 4.98. The smallest absolute Gasteiger partial charge is 0.257 e. The van der Waals surface area contributed by atoms with Crippen molar-refractivity contribution < 1.29 is 9.32 Å². The molecule has 0 unspecified atom stereocenters. The van der Waals surface area contributed by atoms with E-state index in [0.29, 0.717) is 23.4 Å². The molecule has 0 aliphatic carbocycles. The quantitative estimate of drug-likeness (QED) is 0.855. The summed E-state index contributed by atoms with van der Waals surface area (Å²) in [5.74, 6) is 0.0980. The van der Waals surface area contributed by atoms with Gasteiger partial charge in [0.1, 0.15) is 0 Å². The van der Waals surface area contributed by atoms with Crippen molar-refractivity contribution in [2.24, 2.45) is 0 Å². The predicted octanol–water partition coefficient (Wildman–Crippen LogP) is 2.87. The summed E-state index contributed by atoms with van der Waals surface area (Å²) < 4.78 is 5.29. The van der Waals surface area contributed by atoms with Crippen LogP contribution in [0.2, 0.25) is 0 Å². The van der Waals surface area contributed by atoms with E-state index in [2.05, 4.69) is 33.9 Å². The number of carbonyl (C=O) groups excluding carboxylic acids is 1. The van der Waals surface area contributed by atoms with Gasteiger partial charge in [-0.15, -0.1) is 0 Å². The molecule has 0 saturated carbocycles. The number of rotatable bonds is 4. The SMILES string of the molecule is CCCc1noc2ncc(C(=O)N3CCC[C@@H]3[C@H]3CCCN3C)cc12. The number of hydrogen-bond donors (Lipinski definition) is 0. The Morgan fingerprint density at radius 3 is 2.84 bits per heavy atom. The fraction of sp³-hybridized carbons (Fsp3) is 0.632. The number of carbonyl (C=O) groups is 1. The van der Waals surface area contributed by atoms with Crippen molar-refractivity contribution in [1.82, 2.24) is 19.9 Å². The molecule has 6 nitrogen and oxygen atoms in total. The molecule has 6 heteroatoms. The fourth-order valence-electron chi connectivity index (χ4n) is 4.45. The molecule has 2 aliphatic rings. The third kappa shape index (κ3) is 2.92. The van der Waals surface area contributed by atoms with Gasteiger partial charge in [-0.3, -0.25) is 4.79 Å². The van der Waals surface area contributed by atoms with Gasteiger partial charge in [0.25, 0.3) is 11.6 Å². The van der Waals surface area contributed by atoms with E-state index in [9.17, 15) is 4.79 Å². The van der Waals surface area contributed by atoms with Crippen LogP contribution in [-0.4, -0.2) is 58.1 Å². The van der Waals surface area contributed by atoms with Gasteiger partial charge in [-0.05, 0) is 51.8 Å². The van der Waals surface area contributed by atoms with Crippen LogP contribution in [0.3, 0.4) is 0 Å². The van der Waals surface area contributed by atoms with Crippen LogP contribution >= 0.6 is 0 Å². The molecule has 0 N–H and O–H groups in total. The second-order valence-corrected chi connectivity index (χ2v) is 7.35. The second-order valence-electron chi connectivity index (χ2n) is 7.35. The van der Waals surface area contributed by atoms with Gasteiger partial charge in [-0.25, -0.2) is 4.98 Å². The third-order valence-electron chi connectivity index (χ3n) is 5.72. The Kier molecular flexibility index (Phi) is 4.46. The van der Waals surface area contributed by atoms with Gasteiger partial charge in [-0.1, -0.05) is 18.5 Å². The van der Waals surface area contributed by atoms with E-state index < -0.39 is 0 Å². The first-order valence-corrected chi connectivity index (χ1v) is 9.44. The molecule has 2 fully saturated rings. The molecular weight excluding hydrogens is 316 g/mol. The van der Waals surface area contributed by atoms with Gasteiger partial charge < -0.3 is 14.3 Å². The Morgan fingerprint density at radius 2 is 2.08 bits per heavy atom. The number of nitrogens with zero attached hydrogens (tertiary/aromatic N) is 4. The monoisotopic (exact) mass is 342 g/mol. The lowest BCUT2D eigenvalue weighted by atomic mass is 10.0. The maximum absolute atomic E-state index is 13.2. The molecule has 0 aromatic carbocycles. The van der Waals surface area contributed by atoms with Gasteiger partial charge in [0.2, 0.25) is 0 Å². The van der Waals surface area contributed by atoms with Gasteiger partial charge >= 0.3 is 0 Å². The molecule has 4 rings (SSSR count). The molecule has 2 aromatic heterocycles. The highest BCUT2D eigenvalue weighted by atomic mass is 16.5. The summed E-state index contributed by atoms with van der Waals surface area (Å²) in [5.41, 5.74) is 2.07. The molecule has 0 bridgehead atoms. The van der Waals surface area contributed by atoms with Crippen molar-refractivity contribution in [3.63, 3.8) is 0 Å². The first-order chi connectivity index (χ1) is 12.2. The average molecular weight is 342 g/mol. The van der Waals surface area contributed by atoms with Crippen molar-refractivity contribution in [2.75, 3.05) is 20.1 Å². The van der Waals surface area contributed by atoms with E-state index in [0.717, 1.165) is 49.9 Å². The Hall–Kier alpha value is -1.95. The zero-order valence-electron chi connectivity index (χ0n) is 15.1. The van der Waals surface area contributed by atoms with Gasteiger partial charge in [-0.2, -0.15) is 0 Å². The van der Waals surface area contributed by atoms with Crippen LogP contribution in [0.15, 0.2) is 16.8 Å². The molecule has 1 amide bonds. The first kappa shape index (κ1) is 16.5. The Labute approximate surface area is 148 Å². The van der Waals surface area contributed by atoms with Crippen molar-refractivity contribution in [3.05, 3.63) is 23.5 Å². The Balaban J connectivity index is 1.61. The molecule has 4 heterocycles. The number of hydrogen-bond acceptors (Lipinski definition) is 5. The van der Waals surface area contributed by atoms with Crippen LogP contribution < -0.4 is 0 Å². The van der Waals surface area contributed by atoms with Crippen LogP contribution in [0.4, 0.5) is 0 Å². The number of pyridine rings is 1. The summed E-state index contributed by atoms with van der Waals surface area (Å²) in [7, 11) is 2.18. The highest BCUT2D eigenvalue weighted by Crippen LogP contribution is 2.30. The van der Waals surface area contributed by atoms with Crippen molar-refractivity contribution in [1.29, 1.82) is 0 Å². The Bertz CT molecular complexity index is 772. The van der Waals surface area contributed by atoms with Crippen molar-refractivity contribution >= 4 is 17.0 Å². The maximum atomic E-state index is 13.2. The molecule has 2 atom stereocenters. The van der Waals surface area contributed by atoms with E-state index >= 15 is 0 Å². The lowest BCUT2D eigenvalue weighted by Gasteiger charge is -2.33. The molecular formula is C19H26N4O2. The summed E-state index contributed by atoms with van der Waals surface area (Å²) in [6.07, 6.45) is 8.07. The minimum Gasteiger partial charge on any atom is -0.336 e. The number of likely N-dealkylation sites (N-methyl/N-ethyl adjacent to an activating group) is 1. The number of aromatic nitrogens is 2. The number of likely N-dealkylation sites (tertiary alicyclic amines) is 2. The fourth-order valence-corrected chi connectivity index (χ4v) is 4.45. The first-order valence-electron chi connectivity index (χ1n) is 9.44. The van der Waals surface area contributed by atoms with Crippen LogP contribution in [0.25, 0.3) is 11.1 Å². The van der Waals surface area contributed by atoms with E-state index in [1.807, 2.05) is 6.07 Å². The lowest BCUT2D eigenvalue weighted by Crippen LogP contribution is -2.47. The van der Waals surface area contributed by atoms with Gasteiger partial charge in [0.05, 0.1) is 16.6 Å². The molecule has 2 saturated heterocycles. The second kappa shape index (κ2) is 6.75. The number of fused-ring (bicyclic) bond motifs is 1. The minimum absolute atomic E-state index is 0.0980. The zero-order valence-corrected chi connectivity index (χ0v) is 15.1. The normalized spacial score (nSPS) is 24.5. The standard InChI is InChI=1S/C19H26N4O2/c1-3-6-15-14-11-13(12-20-18(14)25-21-15)19(24)23-10-5-8-17(23)16-7-4-9-22(16)2/h11-12,16-17H,3-10H2,1-2H3/t16-,17-/m1/s1. The Morgan fingerprint density at radius 1 is 1.28 bits per heavy atom. The van der Waals surface area contributed by atoms with E-state index in [4.69, 9.17) is 4.52 Å². The van der Waals surface area contributed by atoms with Gasteiger partial charge in [0.15, 0.2) is 0 Å². The minimum atomic E-state index is 0.0980. The topological polar surface area (TPSA) is 62.5 Å². The lowest BCUT2D eigenvalue weighted by molar-refractivity contribution is 0.0664. The molecule has 134 valence electrons. The van der Waals surface area contributed by atoms with E-state index in [-0.39, 0.29) is 5.91 Å². The van der Waals surface area contributed by atoms with Crippen LogP contribution in [-0.2, 0) is 6.42 Å².